The van der Waals surface area contributed by atoms with Gasteiger partial charge in [0.25, 0.3) is 0 Å². The summed E-state index contributed by atoms with van der Waals surface area (Å²) in [6.45, 7) is 5.24. The second-order valence-corrected chi connectivity index (χ2v) is 5.91. The summed E-state index contributed by atoms with van der Waals surface area (Å²) in [5.41, 5.74) is 3.41. The van der Waals surface area contributed by atoms with Crippen LogP contribution >= 0.6 is 0 Å². The van der Waals surface area contributed by atoms with Crippen LogP contribution < -0.4 is 20.2 Å². The van der Waals surface area contributed by atoms with E-state index in [4.69, 9.17) is 9.47 Å². The molecule has 7 heteroatoms. The van der Waals surface area contributed by atoms with Gasteiger partial charge in [-0.1, -0.05) is 26.0 Å². The van der Waals surface area contributed by atoms with Gasteiger partial charge in [-0.3, -0.25) is 9.59 Å². The molecule has 0 atom stereocenters. The average Bonchev–Trinajstić information content (AvgIpc) is 2.72. The van der Waals surface area contributed by atoms with Gasteiger partial charge in [0.05, 0.1) is 19.4 Å². The number of nitrogens with one attached hydrogen (secondary N) is 2. The molecule has 7 nitrogen and oxygen atoms in total. The van der Waals surface area contributed by atoms with E-state index < -0.39 is 11.8 Å². The van der Waals surface area contributed by atoms with Crippen LogP contribution in [0, 0.1) is 0 Å². The molecule has 2 N–H and O–H groups in total. The Labute approximate surface area is 164 Å². The van der Waals surface area contributed by atoms with E-state index in [0.29, 0.717) is 36.0 Å². The van der Waals surface area contributed by atoms with Crippen molar-refractivity contribution in [2.24, 2.45) is 5.10 Å². The van der Waals surface area contributed by atoms with Crippen LogP contribution in [0.3, 0.4) is 0 Å². The summed E-state index contributed by atoms with van der Waals surface area (Å²) < 4.78 is 11.1. The topological polar surface area (TPSA) is 89.0 Å². The molecule has 0 fully saturated rings. The molecule has 0 saturated heterocycles. The number of nitrogens with zero attached hydrogens (tertiary/aromatic N) is 1. The molecule has 0 spiro atoms. The highest BCUT2D eigenvalue weighted by Crippen LogP contribution is 2.16. The van der Waals surface area contributed by atoms with Crippen LogP contribution in [0.4, 0.5) is 5.69 Å². The molecule has 0 aromatic heterocycles. The van der Waals surface area contributed by atoms with Gasteiger partial charge in [-0.25, -0.2) is 5.43 Å². The number of carbonyl (C=O) groups is 2. The molecular formula is C21H25N3O4. The minimum Gasteiger partial charge on any atom is -0.494 e. The number of benzene rings is 2. The van der Waals surface area contributed by atoms with Crippen LogP contribution in [0.2, 0.25) is 0 Å². The monoisotopic (exact) mass is 383 g/mol. The summed E-state index contributed by atoms with van der Waals surface area (Å²) >= 11 is 0. The molecule has 148 valence electrons. The predicted octanol–water partition coefficient (Wildman–Crippen LogP) is 3.35. The minimum absolute atomic E-state index is 0.492. The van der Waals surface area contributed by atoms with E-state index in [-0.39, 0.29) is 0 Å². The number of hydrogen-bond donors (Lipinski definition) is 2. The van der Waals surface area contributed by atoms with Crippen molar-refractivity contribution < 1.29 is 19.1 Å². The number of hydrazone groups is 1. The van der Waals surface area contributed by atoms with Gasteiger partial charge in [-0.05, 0) is 49.2 Å². The summed E-state index contributed by atoms with van der Waals surface area (Å²) in [4.78, 5) is 23.9. The van der Waals surface area contributed by atoms with Crippen LogP contribution in [-0.4, -0.2) is 31.2 Å². The summed E-state index contributed by atoms with van der Waals surface area (Å²) in [6.07, 6.45) is 3.23. The standard InChI is InChI=1S/C21H25N3O4/c1-3-13-27-18-11-9-17(10-12-18)23-20(25)21(26)24-22-15-16-7-5-6-8-19(16)28-14-4-2/h5-12,15H,3-4,13-14H2,1-2H3,(H,23,25)(H,24,26)/b22-15-. The van der Waals surface area contributed by atoms with Crippen LogP contribution in [0.1, 0.15) is 32.3 Å². The number of anilines is 1. The van der Waals surface area contributed by atoms with Crippen molar-refractivity contribution in [1.29, 1.82) is 0 Å². The molecule has 0 radical (unpaired) electrons. The lowest BCUT2D eigenvalue weighted by molar-refractivity contribution is -0.136. The van der Waals surface area contributed by atoms with Gasteiger partial charge in [0.2, 0.25) is 0 Å². The first-order valence-corrected chi connectivity index (χ1v) is 9.23. The highest BCUT2D eigenvalue weighted by Gasteiger charge is 2.13. The molecule has 0 aliphatic carbocycles. The number of para-hydroxylation sites is 1. The molecule has 2 aromatic rings. The third kappa shape index (κ3) is 6.75. The van der Waals surface area contributed by atoms with Crippen molar-refractivity contribution in [2.75, 3.05) is 18.5 Å². The summed E-state index contributed by atoms with van der Waals surface area (Å²) in [5.74, 6) is -0.306. The number of amides is 2. The Kier molecular flexibility index (Phi) is 8.52. The maximum atomic E-state index is 12.0. The zero-order chi connectivity index (χ0) is 20.2. The summed E-state index contributed by atoms with van der Waals surface area (Å²) in [7, 11) is 0. The maximum Gasteiger partial charge on any atom is 0.329 e. The third-order valence-corrected chi connectivity index (χ3v) is 3.54. The van der Waals surface area contributed by atoms with Crippen molar-refractivity contribution in [2.45, 2.75) is 26.7 Å². The Balaban J connectivity index is 1.87. The van der Waals surface area contributed by atoms with Crippen molar-refractivity contribution >= 4 is 23.7 Å². The van der Waals surface area contributed by atoms with Gasteiger partial charge in [0.1, 0.15) is 11.5 Å². The van der Waals surface area contributed by atoms with Crippen LogP contribution in [0.15, 0.2) is 53.6 Å². The molecular weight excluding hydrogens is 358 g/mol. The molecule has 0 unspecified atom stereocenters. The Morgan fingerprint density at radius 1 is 0.929 bits per heavy atom. The number of ether oxygens (including phenoxy) is 2. The zero-order valence-corrected chi connectivity index (χ0v) is 16.1. The average molecular weight is 383 g/mol. The van der Waals surface area contributed by atoms with E-state index in [2.05, 4.69) is 15.8 Å². The maximum absolute atomic E-state index is 12.0. The highest BCUT2D eigenvalue weighted by atomic mass is 16.5. The van der Waals surface area contributed by atoms with Gasteiger partial charge in [-0.2, -0.15) is 5.10 Å². The van der Waals surface area contributed by atoms with Crippen molar-refractivity contribution in [3.05, 3.63) is 54.1 Å². The number of hydrogen-bond acceptors (Lipinski definition) is 5. The summed E-state index contributed by atoms with van der Waals surface area (Å²) in [6, 6.07) is 14.1. The van der Waals surface area contributed by atoms with E-state index in [1.165, 1.54) is 6.21 Å². The second-order valence-electron chi connectivity index (χ2n) is 5.91. The lowest BCUT2D eigenvalue weighted by Gasteiger charge is -2.08. The molecule has 0 heterocycles. The van der Waals surface area contributed by atoms with Crippen LogP contribution in [-0.2, 0) is 9.59 Å². The van der Waals surface area contributed by atoms with E-state index in [0.717, 1.165) is 12.8 Å². The van der Waals surface area contributed by atoms with Gasteiger partial charge in [0, 0.05) is 11.3 Å². The lowest BCUT2D eigenvalue weighted by Crippen LogP contribution is -2.32. The molecule has 0 saturated carbocycles. The van der Waals surface area contributed by atoms with E-state index >= 15 is 0 Å². The van der Waals surface area contributed by atoms with Gasteiger partial charge in [0.15, 0.2) is 0 Å². The Hall–Kier alpha value is -3.35. The van der Waals surface area contributed by atoms with E-state index in [1.807, 2.05) is 38.1 Å². The number of rotatable bonds is 9. The molecule has 2 aromatic carbocycles. The largest absolute Gasteiger partial charge is 0.494 e. The van der Waals surface area contributed by atoms with Crippen LogP contribution in [0.5, 0.6) is 11.5 Å². The first-order valence-electron chi connectivity index (χ1n) is 9.23. The Bertz CT molecular complexity index is 804. The van der Waals surface area contributed by atoms with Gasteiger partial charge < -0.3 is 14.8 Å². The summed E-state index contributed by atoms with van der Waals surface area (Å²) in [5, 5.41) is 6.34. The molecule has 28 heavy (non-hydrogen) atoms. The fraction of sp³-hybridized carbons (Fsp3) is 0.286. The first-order chi connectivity index (χ1) is 13.6. The highest BCUT2D eigenvalue weighted by molar-refractivity contribution is 6.39. The molecule has 2 amide bonds. The fourth-order valence-electron chi connectivity index (χ4n) is 2.18. The third-order valence-electron chi connectivity index (χ3n) is 3.54. The number of carbonyl (C=O) groups excluding carboxylic acids is 2. The quantitative estimate of drug-likeness (QED) is 0.395. The van der Waals surface area contributed by atoms with E-state index in [9.17, 15) is 9.59 Å². The predicted molar refractivity (Wildman–Crippen MR) is 109 cm³/mol. The first kappa shape index (κ1) is 21.0. The van der Waals surface area contributed by atoms with Gasteiger partial charge >= 0.3 is 11.8 Å². The molecule has 0 aliphatic rings. The van der Waals surface area contributed by atoms with E-state index in [1.54, 1.807) is 24.3 Å². The van der Waals surface area contributed by atoms with Crippen molar-refractivity contribution in [1.82, 2.24) is 5.43 Å². The second kappa shape index (κ2) is 11.4. The smallest absolute Gasteiger partial charge is 0.329 e. The molecule has 2 rings (SSSR count). The van der Waals surface area contributed by atoms with Crippen LogP contribution in [0.25, 0.3) is 0 Å². The molecule has 0 bridgehead atoms. The normalized spacial score (nSPS) is 10.5. The molecule has 0 aliphatic heterocycles. The SMILES string of the molecule is CCCOc1ccc(NC(=O)C(=O)N/N=C\c2ccccc2OCCC)cc1. The Morgan fingerprint density at radius 2 is 1.61 bits per heavy atom. The minimum atomic E-state index is -0.866. The lowest BCUT2D eigenvalue weighted by atomic mass is 10.2. The van der Waals surface area contributed by atoms with Crippen molar-refractivity contribution in [3.63, 3.8) is 0 Å². The van der Waals surface area contributed by atoms with Gasteiger partial charge in [-0.15, -0.1) is 0 Å². The fourth-order valence-corrected chi connectivity index (χ4v) is 2.18. The van der Waals surface area contributed by atoms with Crippen molar-refractivity contribution in [3.8, 4) is 11.5 Å². The zero-order valence-electron chi connectivity index (χ0n) is 16.1. The Morgan fingerprint density at radius 3 is 2.32 bits per heavy atom.